The molecule has 0 saturated carbocycles. The third-order valence-electron chi connectivity index (χ3n) is 1.43. The van der Waals surface area contributed by atoms with Gasteiger partial charge >= 0.3 is 5.97 Å². The number of rotatable bonds is 1. The van der Waals surface area contributed by atoms with Crippen LogP contribution in [0.2, 0.25) is 0 Å². The van der Waals surface area contributed by atoms with Gasteiger partial charge in [-0.3, -0.25) is 0 Å². The first-order chi connectivity index (χ1) is 6.07. The zero-order valence-corrected chi connectivity index (χ0v) is 8.76. The highest BCUT2D eigenvalue weighted by Gasteiger charge is 2.19. The van der Waals surface area contributed by atoms with Gasteiger partial charge in [0.05, 0.1) is 7.11 Å². The second-order valence-electron chi connectivity index (χ2n) is 2.21. The summed E-state index contributed by atoms with van der Waals surface area (Å²) in [6, 6.07) is 2.27. The molecule has 0 amide bonds. The van der Waals surface area contributed by atoms with Crippen LogP contribution in [0.4, 0.5) is 8.78 Å². The van der Waals surface area contributed by atoms with Crippen molar-refractivity contribution in [1.29, 1.82) is 0 Å². The number of ether oxygens (including phenoxy) is 1. The van der Waals surface area contributed by atoms with E-state index in [9.17, 15) is 13.6 Å². The standard InChI is InChI=1S/C8H5F2IO2/c1-13-8(12)6-4(9)2-3-5(11)7(6)10/h2-3H,1H3. The molecule has 1 aromatic rings. The summed E-state index contributed by atoms with van der Waals surface area (Å²) in [7, 11) is 1.07. The highest BCUT2D eigenvalue weighted by Crippen LogP contribution is 2.18. The van der Waals surface area contributed by atoms with Crippen LogP contribution >= 0.6 is 22.6 Å². The fourth-order valence-electron chi connectivity index (χ4n) is 0.816. The average Bonchev–Trinajstić information content (AvgIpc) is 2.12. The van der Waals surface area contributed by atoms with E-state index < -0.39 is 23.2 Å². The lowest BCUT2D eigenvalue weighted by Crippen LogP contribution is -2.08. The Labute approximate surface area is 87.0 Å². The smallest absolute Gasteiger partial charge is 0.343 e. The molecule has 5 heteroatoms. The summed E-state index contributed by atoms with van der Waals surface area (Å²) >= 11 is 1.67. The fourth-order valence-corrected chi connectivity index (χ4v) is 1.27. The molecule has 0 atom stereocenters. The van der Waals surface area contributed by atoms with Gasteiger partial charge in [0, 0.05) is 3.57 Å². The van der Waals surface area contributed by atoms with Crippen LogP contribution in [0, 0.1) is 15.2 Å². The predicted molar refractivity (Wildman–Crippen MR) is 50.4 cm³/mol. The highest BCUT2D eigenvalue weighted by molar-refractivity contribution is 14.1. The molecule has 0 bridgehead atoms. The normalized spacial score (nSPS) is 9.85. The number of hydrogen-bond acceptors (Lipinski definition) is 2. The lowest BCUT2D eigenvalue weighted by Gasteiger charge is -2.03. The van der Waals surface area contributed by atoms with Crippen molar-refractivity contribution >= 4 is 28.6 Å². The van der Waals surface area contributed by atoms with Crippen molar-refractivity contribution in [1.82, 2.24) is 0 Å². The van der Waals surface area contributed by atoms with Crippen LogP contribution in [0.25, 0.3) is 0 Å². The SMILES string of the molecule is COC(=O)c1c(F)ccc(I)c1F. The van der Waals surface area contributed by atoms with Gasteiger partial charge in [0.2, 0.25) is 0 Å². The molecule has 0 spiro atoms. The molecule has 0 aliphatic carbocycles. The Morgan fingerprint density at radius 1 is 1.46 bits per heavy atom. The van der Waals surface area contributed by atoms with E-state index in [0.717, 1.165) is 13.2 Å². The van der Waals surface area contributed by atoms with Crippen molar-refractivity contribution in [3.05, 3.63) is 32.9 Å². The molecule has 0 aromatic heterocycles. The van der Waals surface area contributed by atoms with Crippen LogP contribution in [0.3, 0.4) is 0 Å². The van der Waals surface area contributed by atoms with Gasteiger partial charge in [-0.1, -0.05) is 0 Å². The molecule has 1 aromatic carbocycles. The van der Waals surface area contributed by atoms with Crippen molar-refractivity contribution in [2.45, 2.75) is 0 Å². The number of carbonyl (C=O) groups is 1. The summed E-state index contributed by atoms with van der Waals surface area (Å²) in [5.41, 5.74) is -0.644. The summed E-state index contributed by atoms with van der Waals surface area (Å²) in [6.07, 6.45) is 0. The van der Waals surface area contributed by atoms with Crippen LogP contribution in [-0.4, -0.2) is 13.1 Å². The zero-order chi connectivity index (χ0) is 10.0. The van der Waals surface area contributed by atoms with Crippen LogP contribution < -0.4 is 0 Å². The van der Waals surface area contributed by atoms with Crippen molar-refractivity contribution in [2.75, 3.05) is 7.11 Å². The van der Waals surface area contributed by atoms with E-state index in [-0.39, 0.29) is 3.57 Å². The predicted octanol–water partition coefficient (Wildman–Crippen LogP) is 2.36. The Morgan fingerprint density at radius 2 is 2.08 bits per heavy atom. The van der Waals surface area contributed by atoms with E-state index >= 15 is 0 Å². The lowest BCUT2D eigenvalue weighted by atomic mass is 10.2. The summed E-state index contributed by atoms with van der Waals surface area (Å²) in [5, 5.41) is 0. The third-order valence-corrected chi connectivity index (χ3v) is 2.27. The van der Waals surface area contributed by atoms with Crippen molar-refractivity contribution in [2.24, 2.45) is 0 Å². The monoisotopic (exact) mass is 298 g/mol. The van der Waals surface area contributed by atoms with Gasteiger partial charge in [0.1, 0.15) is 11.4 Å². The van der Waals surface area contributed by atoms with Gasteiger partial charge in [-0.15, -0.1) is 0 Å². The molecule has 1 rings (SSSR count). The molecule has 2 nitrogen and oxygen atoms in total. The Hall–Kier alpha value is -0.720. The summed E-state index contributed by atoms with van der Waals surface area (Å²) in [6.45, 7) is 0. The van der Waals surface area contributed by atoms with Gasteiger partial charge < -0.3 is 4.74 Å². The van der Waals surface area contributed by atoms with Gasteiger partial charge in [-0.25, -0.2) is 13.6 Å². The first-order valence-electron chi connectivity index (χ1n) is 3.29. The van der Waals surface area contributed by atoms with Crippen molar-refractivity contribution in [3.8, 4) is 0 Å². The number of methoxy groups -OCH3 is 1. The maximum absolute atomic E-state index is 13.2. The molecule has 0 saturated heterocycles. The topological polar surface area (TPSA) is 26.3 Å². The molecule has 0 unspecified atom stereocenters. The van der Waals surface area contributed by atoms with Gasteiger partial charge in [-0.2, -0.15) is 0 Å². The number of benzene rings is 1. The van der Waals surface area contributed by atoms with E-state index in [1.165, 1.54) is 6.07 Å². The quantitative estimate of drug-likeness (QED) is 0.452. The third kappa shape index (κ3) is 1.96. The Balaban J connectivity index is 3.33. The van der Waals surface area contributed by atoms with Crippen LogP contribution in [0.1, 0.15) is 10.4 Å². The number of hydrogen-bond donors (Lipinski definition) is 0. The van der Waals surface area contributed by atoms with E-state index in [1.807, 2.05) is 0 Å². The minimum absolute atomic E-state index is 0.180. The van der Waals surface area contributed by atoms with Crippen LogP contribution in [-0.2, 0) is 4.74 Å². The van der Waals surface area contributed by atoms with Gasteiger partial charge in [0.25, 0.3) is 0 Å². The number of esters is 1. The Kier molecular flexibility index (Phi) is 3.18. The minimum atomic E-state index is -1.01. The Morgan fingerprint density at radius 3 is 2.62 bits per heavy atom. The van der Waals surface area contributed by atoms with Crippen LogP contribution in [0.15, 0.2) is 12.1 Å². The van der Waals surface area contributed by atoms with E-state index in [4.69, 9.17) is 0 Å². The summed E-state index contributed by atoms with van der Waals surface area (Å²) in [4.78, 5) is 10.9. The van der Waals surface area contributed by atoms with Gasteiger partial charge in [-0.05, 0) is 34.7 Å². The molecule has 0 N–H and O–H groups in total. The van der Waals surface area contributed by atoms with Crippen molar-refractivity contribution < 1.29 is 18.3 Å². The largest absolute Gasteiger partial charge is 0.465 e. The second-order valence-corrected chi connectivity index (χ2v) is 3.37. The first-order valence-corrected chi connectivity index (χ1v) is 4.37. The van der Waals surface area contributed by atoms with E-state index in [0.29, 0.717) is 0 Å². The zero-order valence-electron chi connectivity index (χ0n) is 6.61. The molecule has 0 radical (unpaired) electrons. The number of carbonyl (C=O) groups excluding carboxylic acids is 1. The van der Waals surface area contributed by atoms with Crippen molar-refractivity contribution in [3.63, 3.8) is 0 Å². The molecular weight excluding hydrogens is 293 g/mol. The molecular formula is C8H5F2IO2. The molecule has 0 aliphatic heterocycles. The summed E-state index contributed by atoms with van der Waals surface area (Å²) < 4.78 is 30.5. The lowest BCUT2D eigenvalue weighted by molar-refractivity contribution is 0.0589. The molecule has 0 heterocycles. The fraction of sp³-hybridized carbons (Fsp3) is 0.125. The molecule has 13 heavy (non-hydrogen) atoms. The Bertz CT molecular complexity index is 352. The van der Waals surface area contributed by atoms with Gasteiger partial charge in [0.15, 0.2) is 5.82 Å². The highest BCUT2D eigenvalue weighted by atomic mass is 127. The second kappa shape index (κ2) is 3.99. The number of halogens is 3. The minimum Gasteiger partial charge on any atom is -0.465 e. The first kappa shape index (κ1) is 10.4. The van der Waals surface area contributed by atoms with Crippen LogP contribution in [0.5, 0.6) is 0 Å². The van der Waals surface area contributed by atoms with E-state index in [2.05, 4.69) is 4.74 Å². The maximum atomic E-state index is 13.2. The summed E-state index contributed by atoms with van der Waals surface area (Å²) in [5.74, 6) is -2.80. The maximum Gasteiger partial charge on any atom is 0.343 e. The average molecular weight is 298 g/mol. The molecule has 0 fully saturated rings. The van der Waals surface area contributed by atoms with E-state index in [1.54, 1.807) is 22.6 Å². The molecule has 0 aliphatic rings. The molecule has 70 valence electrons.